The van der Waals surface area contributed by atoms with Crippen molar-refractivity contribution in [3.05, 3.63) is 36.4 Å². The van der Waals surface area contributed by atoms with Gasteiger partial charge >= 0.3 is 5.97 Å². The lowest BCUT2D eigenvalue weighted by molar-refractivity contribution is -0.133. The van der Waals surface area contributed by atoms with Crippen molar-refractivity contribution < 1.29 is 14.6 Å². The number of carbonyl (C=O) groups is 1. The molecular formula is C13H12O3. The third kappa shape index (κ3) is 1.84. The molecule has 0 radical (unpaired) electrons. The molecule has 0 saturated heterocycles. The van der Waals surface area contributed by atoms with Crippen LogP contribution in [0.5, 0.6) is 11.5 Å². The van der Waals surface area contributed by atoms with Gasteiger partial charge < -0.3 is 9.84 Å². The molecule has 2 aromatic carbocycles. The zero-order chi connectivity index (χ0) is 11.5. The number of rotatable bonds is 2. The van der Waals surface area contributed by atoms with Crippen molar-refractivity contribution in [2.24, 2.45) is 0 Å². The van der Waals surface area contributed by atoms with Crippen LogP contribution in [0.4, 0.5) is 0 Å². The van der Waals surface area contributed by atoms with Gasteiger partial charge in [0.1, 0.15) is 11.5 Å². The fourth-order valence-corrected chi connectivity index (χ4v) is 1.54. The quantitative estimate of drug-likeness (QED) is 0.620. The number of esters is 1. The first-order valence-corrected chi connectivity index (χ1v) is 5.13. The van der Waals surface area contributed by atoms with Crippen molar-refractivity contribution in [1.82, 2.24) is 0 Å². The van der Waals surface area contributed by atoms with Gasteiger partial charge in [0, 0.05) is 17.2 Å². The lowest BCUT2D eigenvalue weighted by Crippen LogP contribution is -2.05. The summed E-state index contributed by atoms with van der Waals surface area (Å²) in [5.41, 5.74) is 0. The summed E-state index contributed by atoms with van der Waals surface area (Å²) in [5, 5.41) is 11.1. The van der Waals surface area contributed by atoms with Crippen LogP contribution < -0.4 is 4.74 Å². The molecule has 0 aliphatic rings. The number of phenols is 1. The molecule has 0 unspecified atom stereocenters. The van der Waals surface area contributed by atoms with E-state index in [9.17, 15) is 9.90 Å². The van der Waals surface area contributed by atoms with Crippen LogP contribution in [-0.4, -0.2) is 11.1 Å². The molecule has 3 nitrogen and oxygen atoms in total. The predicted octanol–water partition coefficient (Wildman–Crippen LogP) is 2.86. The molecule has 0 aliphatic carbocycles. The first-order chi connectivity index (χ1) is 7.72. The molecular weight excluding hydrogens is 204 g/mol. The largest absolute Gasteiger partial charge is 0.507 e. The molecule has 1 N–H and O–H groups in total. The molecule has 0 aromatic heterocycles. The monoisotopic (exact) mass is 216 g/mol. The summed E-state index contributed by atoms with van der Waals surface area (Å²) >= 11 is 0. The summed E-state index contributed by atoms with van der Waals surface area (Å²) < 4.78 is 5.18. The molecule has 0 heterocycles. The summed E-state index contributed by atoms with van der Waals surface area (Å²) in [7, 11) is 0. The molecule has 0 spiro atoms. The highest BCUT2D eigenvalue weighted by Gasteiger charge is 2.08. The minimum atomic E-state index is -0.282. The Morgan fingerprint density at radius 2 is 1.88 bits per heavy atom. The Labute approximate surface area is 93.3 Å². The van der Waals surface area contributed by atoms with E-state index < -0.39 is 0 Å². The Kier molecular flexibility index (Phi) is 2.77. The summed E-state index contributed by atoms with van der Waals surface area (Å²) in [6.07, 6.45) is 0.329. The molecule has 0 atom stereocenters. The second kappa shape index (κ2) is 4.23. The maximum atomic E-state index is 11.2. The highest BCUT2D eigenvalue weighted by Crippen LogP contribution is 2.32. The van der Waals surface area contributed by atoms with Gasteiger partial charge in [-0.25, -0.2) is 0 Å². The molecule has 0 fully saturated rings. The van der Waals surface area contributed by atoms with Gasteiger partial charge in [-0.2, -0.15) is 0 Å². The van der Waals surface area contributed by atoms with E-state index in [1.54, 1.807) is 19.1 Å². The van der Waals surface area contributed by atoms with E-state index in [0.717, 1.165) is 5.39 Å². The van der Waals surface area contributed by atoms with E-state index in [2.05, 4.69) is 0 Å². The SMILES string of the molecule is CCC(=O)Oc1ccc(O)c2ccccc12. The van der Waals surface area contributed by atoms with Crippen LogP contribution in [0.2, 0.25) is 0 Å². The van der Waals surface area contributed by atoms with Gasteiger partial charge in [0.2, 0.25) is 0 Å². The zero-order valence-electron chi connectivity index (χ0n) is 8.93. The van der Waals surface area contributed by atoms with Crippen molar-refractivity contribution in [2.75, 3.05) is 0 Å². The Morgan fingerprint density at radius 3 is 2.56 bits per heavy atom. The average Bonchev–Trinajstić information content (AvgIpc) is 2.33. The maximum Gasteiger partial charge on any atom is 0.310 e. The number of aromatic hydroxyl groups is 1. The highest BCUT2D eigenvalue weighted by molar-refractivity contribution is 5.94. The van der Waals surface area contributed by atoms with Crippen LogP contribution in [0.3, 0.4) is 0 Å². The van der Waals surface area contributed by atoms with Crippen LogP contribution in [0.25, 0.3) is 10.8 Å². The third-order valence-corrected chi connectivity index (χ3v) is 2.37. The normalized spacial score (nSPS) is 10.3. The molecule has 2 aromatic rings. The van der Waals surface area contributed by atoms with Gasteiger partial charge in [0.15, 0.2) is 0 Å². The first kappa shape index (κ1) is 10.5. The summed E-state index contributed by atoms with van der Waals surface area (Å²) in [6, 6.07) is 10.4. The predicted molar refractivity (Wildman–Crippen MR) is 61.5 cm³/mol. The fraction of sp³-hybridized carbons (Fsp3) is 0.154. The molecule has 0 saturated carbocycles. The summed E-state index contributed by atoms with van der Waals surface area (Å²) in [4.78, 5) is 11.2. The number of phenolic OH excluding ortho intramolecular Hbond substituents is 1. The molecule has 0 bridgehead atoms. The number of carbonyl (C=O) groups excluding carboxylic acids is 1. The van der Waals surface area contributed by atoms with Gasteiger partial charge in [-0.1, -0.05) is 31.2 Å². The van der Waals surface area contributed by atoms with Gasteiger partial charge in [-0.05, 0) is 12.1 Å². The topological polar surface area (TPSA) is 46.5 Å². The minimum Gasteiger partial charge on any atom is -0.507 e. The average molecular weight is 216 g/mol. The van der Waals surface area contributed by atoms with Gasteiger partial charge in [0.05, 0.1) is 0 Å². The number of hydrogen-bond acceptors (Lipinski definition) is 3. The lowest BCUT2D eigenvalue weighted by Gasteiger charge is -2.07. The van der Waals surface area contributed by atoms with Gasteiger partial charge in [-0.15, -0.1) is 0 Å². The van der Waals surface area contributed by atoms with Crippen molar-refractivity contribution >= 4 is 16.7 Å². The zero-order valence-corrected chi connectivity index (χ0v) is 8.93. The lowest BCUT2D eigenvalue weighted by atomic mass is 10.1. The second-order valence-electron chi connectivity index (χ2n) is 3.46. The summed E-state index contributed by atoms with van der Waals surface area (Å²) in [6.45, 7) is 1.74. The number of hydrogen-bond donors (Lipinski definition) is 1. The van der Waals surface area contributed by atoms with Crippen LogP contribution >= 0.6 is 0 Å². The van der Waals surface area contributed by atoms with Crippen LogP contribution in [0.15, 0.2) is 36.4 Å². The smallest absolute Gasteiger partial charge is 0.310 e. The van der Waals surface area contributed by atoms with Crippen LogP contribution in [0.1, 0.15) is 13.3 Å². The molecule has 3 heteroatoms. The van der Waals surface area contributed by atoms with Crippen molar-refractivity contribution in [3.63, 3.8) is 0 Å². The highest BCUT2D eigenvalue weighted by atomic mass is 16.5. The van der Waals surface area contributed by atoms with Crippen molar-refractivity contribution in [1.29, 1.82) is 0 Å². The number of fused-ring (bicyclic) bond motifs is 1. The Bertz CT molecular complexity index is 532. The first-order valence-electron chi connectivity index (χ1n) is 5.13. The summed E-state index contributed by atoms with van der Waals surface area (Å²) in [5.74, 6) is 0.392. The second-order valence-corrected chi connectivity index (χ2v) is 3.46. The number of ether oxygens (including phenoxy) is 1. The van der Waals surface area contributed by atoms with Crippen molar-refractivity contribution in [2.45, 2.75) is 13.3 Å². The minimum absolute atomic E-state index is 0.187. The standard InChI is InChI=1S/C13H12O3/c1-2-13(15)16-12-8-7-11(14)9-5-3-4-6-10(9)12/h3-8,14H,2H2,1H3. The number of benzene rings is 2. The van der Waals surface area contributed by atoms with Crippen LogP contribution in [0, 0.1) is 0 Å². The van der Waals surface area contributed by atoms with E-state index in [1.807, 2.05) is 18.2 Å². The Morgan fingerprint density at radius 1 is 1.19 bits per heavy atom. The van der Waals surface area contributed by atoms with Crippen molar-refractivity contribution in [3.8, 4) is 11.5 Å². The third-order valence-electron chi connectivity index (χ3n) is 2.37. The molecule has 0 aliphatic heterocycles. The molecule has 0 amide bonds. The fourth-order valence-electron chi connectivity index (χ4n) is 1.54. The Balaban J connectivity index is 2.54. The molecule has 82 valence electrons. The van der Waals surface area contributed by atoms with E-state index in [4.69, 9.17) is 4.74 Å². The van der Waals surface area contributed by atoms with E-state index in [0.29, 0.717) is 17.6 Å². The molecule has 16 heavy (non-hydrogen) atoms. The van der Waals surface area contributed by atoms with E-state index in [1.165, 1.54) is 6.07 Å². The van der Waals surface area contributed by atoms with E-state index >= 15 is 0 Å². The van der Waals surface area contributed by atoms with Gasteiger partial charge in [-0.3, -0.25) is 4.79 Å². The maximum absolute atomic E-state index is 11.2. The van der Waals surface area contributed by atoms with E-state index in [-0.39, 0.29) is 11.7 Å². The van der Waals surface area contributed by atoms with Gasteiger partial charge in [0.25, 0.3) is 0 Å². The Hall–Kier alpha value is -2.03. The van der Waals surface area contributed by atoms with Crippen LogP contribution in [-0.2, 0) is 4.79 Å². The molecule has 2 rings (SSSR count).